The van der Waals surface area contributed by atoms with Gasteiger partial charge in [0.2, 0.25) is 0 Å². The van der Waals surface area contributed by atoms with Crippen molar-refractivity contribution in [2.24, 2.45) is 0 Å². The van der Waals surface area contributed by atoms with Crippen molar-refractivity contribution >= 4 is 5.97 Å². The number of carboxylic acids is 1. The molecule has 1 N–H and O–H groups in total. The summed E-state index contributed by atoms with van der Waals surface area (Å²) in [5, 5.41) is 8.52. The zero-order valence-electron chi connectivity index (χ0n) is 13.6. The molecule has 0 bridgehead atoms. The molecule has 0 spiro atoms. The van der Waals surface area contributed by atoms with Gasteiger partial charge in [0.15, 0.2) is 0 Å². The Morgan fingerprint density at radius 2 is 1.76 bits per heavy atom. The zero-order chi connectivity index (χ0) is 15.3. The van der Waals surface area contributed by atoms with Crippen LogP contribution >= 0.6 is 0 Å². The van der Waals surface area contributed by atoms with Crippen LogP contribution < -0.4 is 0 Å². The fraction of sp³-hybridized carbons (Fsp3) is 0.833. The van der Waals surface area contributed by atoms with Crippen LogP contribution in [0.25, 0.3) is 0 Å². The fourth-order valence-corrected chi connectivity index (χ4v) is 2.65. The molecule has 3 heteroatoms. The van der Waals surface area contributed by atoms with E-state index in [0.717, 1.165) is 32.1 Å². The van der Waals surface area contributed by atoms with Crippen LogP contribution in [-0.4, -0.2) is 23.3 Å². The first kappa shape index (κ1) is 18.2. The molecule has 0 aromatic heterocycles. The second kappa shape index (κ2) is 11.8. The van der Waals surface area contributed by atoms with E-state index < -0.39 is 5.97 Å². The number of unbranched alkanes of at least 4 members (excludes halogenated alkanes) is 7. The summed E-state index contributed by atoms with van der Waals surface area (Å²) < 4.78 is 5.66. The highest BCUT2D eigenvalue weighted by Crippen LogP contribution is 2.30. The van der Waals surface area contributed by atoms with Crippen molar-refractivity contribution in [2.75, 3.05) is 0 Å². The second-order valence-electron chi connectivity index (χ2n) is 6.12. The van der Waals surface area contributed by atoms with Gasteiger partial charge >= 0.3 is 5.97 Å². The summed E-state index contributed by atoms with van der Waals surface area (Å²) in [5.74, 6) is -0.673. The van der Waals surface area contributed by atoms with Gasteiger partial charge in [-0.05, 0) is 32.1 Å². The lowest BCUT2D eigenvalue weighted by Gasteiger charge is -1.98. The Morgan fingerprint density at radius 3 is 2.52 bits per heavy atom. The third-order valence-corrected chi connectivity index (χ3v) is 4.08. The highest BCUT2D eigenvalue weighted by Gasteiger charge is 2.36. The number of aliphatic carboxylic acids is 1. The van der Waals surface area contributed by atoms with E-state index in [9.17, 15) is 4.79 Å². The molecule has 0 aliphatic carbocycles. The van der Waals surface area contributed by atoms with Gasteiger partial charge in [-0.2, -0.15) is 0 Å². The summed E-state index contributed by atoms with van der Waals surface area (Å²) >= 11 is 0. The SMILES string of the molecule is CCCCCC1OC1CC=CCCCCCCCC(=O)O. The van der Waals surface area contributed by atoms with Gasteiger partial charge in [0, 0.05) is 6.42 Å². The highest BCUT2D eigenvalue weighted by atomic mass is 16.6. The van der Waals surface area contributed by atoms with Crippen molar-refractivity contribution in [3.05, 3.63) is 12.2 Å². The third kappa shape index (κ3) is 10.5. The molecule has 1 rings (SSSR count). The molecule has 2 unspecified atom stereocenters. The second-order valence-corrected chi connectivity index (χ2v) is 6.12. The molecule has 1 heterocycles. The number of carboxylic acid groups (broad SMARTS) is 1. The molecule has 1 aliphatic heterocycles. The number of ether oxygens (including phenoxy) is 1. The first-order valence-electron chi connectivity index (χ1n) is 8.76. The summed E-state index contributed by atoms with van der Waals surface area (Å²) in [4.78, 5) is 10.3. The lowest BCUT2D eigenvalue weighted by atomic mass is 10.1. The number of hydrogen-bond donors (Lipinski definition) is 1. The van der Waals surface area contributed by atoms with E-state index in [1.54, 1.807) is 0 Å². The molecule has 122 valence electrons. The van der Waals surface area contributed by atoms with E-state index in [-0.39, 0.29) is 0 Å². The molecule has 1 aliphatic rings. The lowest BCUT2D eigenvalue weighted by Crippen LogP contribution is -1.93. The Kier molecular flexibility index (Phi) is 10.2. The predicted molar refractivity (Wildman–Crippen MR) is 86.5 cm³/mol. The number of epoxide rings is 1. The van der Waals surface area contributed by atoms with Crippen LogP contribution in [0.4, 0.5) is 0 Å². The van der Waals surface area contributed by atoms with Gasteiger partial charge in [0.05, 0.1) is 12.2 Å². The number of hydrogen-bond acceptors (Lipinski definition) is 2. The van der Waals surface area contributed by atoms with E-state index in [1.807, 2.05) is 0 Å². The van der Waals surface area contributed by atoms with Crippen molar-refractivity contribution in [3.63, 3.8) is 0 Å². The van der Waals surface area contributed by atoms with Crippen molar-refractivity contribution in [1.29, 1.82) is 0 Å². The molecule has 21 heavy (non-hydrogen) atoms. The van der Waals surface area contributed by atoms with Gasteiger partial charge in [-0.15, -0.1) is 0 Å². The average Bonchev–Trinajstić information content (AvgIpc) is 3.19. The van der Waals surface area contributed by atoms with Crippen LogP contribution in [0.1, 0.15) is 84.0 Å². The van der Waals surface area contributed by atoms with Crippen LogP contribution in [0, 0.1) is 0 Å². The molecule has 2 atom stereocenters. The van der Waals surface area contributed by atoms with Crippen LogP contribution in [0.5, 0.6) is 0 Å². The Balaban J connectivity index is 1.81. The Morgan fingerprint density at radius 1 is 1.00 bits per heavy atom. The Bertz CT molecular complexity index is 299. The van der Waals surface area contributed by atoms with Gasteiger partial charge in [0.1, 0.15) is 0 Å². The van der Waals surface area contributed by atoms with Crippen LogP contribution in [0.3, 0.4) is 0 Å². The van der Waals surface area contributed by atoms with E-state index in [1.165, 1.54) is 38.5 Å². The normalized spacial score (nSPS) is 21.0. The standard InChI is InChI=1S/C18H32O3/c1-2-3-10-13-16-17(21-16)14-11-8-6-4-5-7-9-12-15-18(19)20/h8,11,16-17H,2-7,9-10,12-15H2,1H3,(H,19,20). The minimum Gasteiger partial charge on any atom is -0.481 e. The molecule has 1 fully saturated rings. The predicted octanol–water partition coefficient (Wildman–Crippen LogP) is 5.10. The minimum atomic E-state index is -0.673. The third-order valence-electron chi connectivity index (χ3n) is 4.08. The van der Waals surface area contributed by atoms with Crippen LogP contribution in [0.15, 0.2) is 12.2 Å². The maximum atomic E-state index is 10.3. The average molecular weight is 296 g/mol. The molecule has 0 aromatic carbocycles. The summed E-state index contributed by atoms with van der Waals surface area (Å²) in [5.41, 5.74) is 0. The lowest BCUT2D eigenvalue weighted by molar-refractivity contribution is -0.137. The van der Waals surface area contributed by atoms with Gasteiger partial charge in [-0.3, -0.25) is 4.79 Å². The first-order chi connectivity index (χ1) is 10.2. The van der Waals surface area contributed by atoms with Gasteiger partial charge in [-0.1, -0.05) is 57.6 Å². The van der Waals surface area contributed by atoms with Crippen molar-refractivity contribution < 1.29 is 14.6 Å². The van der Waals surface area contributed by atoms with E-state index in [2.05, 4.69) is 19.1 Å². The molecule has 0 aromatic rings. The minimum absolute atomic E-state index is 0.320. The van der Waals surface area contributed by atoms with Crippen LogP contribution in [-0.2, 0) is 9.53 Å². The number of carbonyl (C=O) groups is 1. The molecular formula is C18H32O3. The monoisotopic (exact) mass is 296 g/mol. The smallest absolute Gasteiger partial charge is 0.303 e. The maximum absolute atomic E-state index is 10.3. The summed E-state index contributed by atoms with van der Waals surface area (Å²) in [7, 11) is 0. The first-order valence-corrected chi connectivity index (χ1v) is 8.76. The van der Waals surface area contributed by atoms with Crippen molar-refractivity contribution in [2.45, 2.75) is 96.2 Å². The van der Waals surface area contributed by atoms with Gasteiger partial charge < -0.3 is 9.84 Å². The van der Waals surface area contributed by atoms with E-state index in [4.69, 9.17) is 9.84 Å². The Labute approximate surface area is 129 Å². The molecule has 0 amide bonds. The highest BCUT2D eigenvalue weighted by molar-refractivity contribution is 5.66. The largest absolute Gasteiger partial charge is 0.481 e. The molecule has 0 saturated carbocycles. The fourth-order valence-electron chi connectivity index (χ4n) is 2.65. The number of rotatable bonds is 14. The molecular weight excluding hydrogens is 264 g/mol. The topological polar surface area (TPSA) is 49.8 Å². The summed E-state index contributed by atoms with van der Waals surface area (Å²) in [6.45, 7) is 2.24. The molecule has 1 saturated heterocycles. The van der Waals surface area contributed by atoms with Crippen LogP contribution in [0.2, 0.25) is 0 Å². The Hall–Kier alpha value is -0.830. The molecule has 0 radical (unpaired) electrons. The van der Waals surface area contributed by atoms with Crippen molar-refractivity contribution in [3.8, 4) is 0 Å². The maximum Gasteiger partial charge on any atom is 0.303 e. The van der Waals surface area contributed by atoms with E-state index in [0.29, 0.717) is 18.6 Å². The quantitative estimate of drug-likeness (QED) is 0.276. The van der Waals surface area contributed by atoms with Gasteiger partial charge in [0.25, 0.3) is 0 Å². The van der Waals surface area contributed by atoms with E-state index >= 15 is 0 Å². The summed E-state index contributed by atoms with van der Waals surface area (Å²) in [6.07, 6.45) is 18.7. The molecule has 3 nitrogen and oxygen atoms in total. The van der Waals surface area contributed by atoms with Gasteiger partial charge in [-0.25, -0.2) is 0 Å². The number of allylic oxidation sites excluding steroid dienone is 1. The van der Waals surface area contributed by atoms with Crippen molar-refractivity contribution in [1.82, 2.24) is 0 Å². The zero-order valence-corrected chi connectivity index (χ0v) is 13.6. The summed E-state index contributed by atoms with van der Waals surface area (Å²) in [6, 6.07) is 0.